The van der Waals surface area contributed by atoms with Gasteiger partial charge in [0.1, 0.15) is 29.3 Å². The highest BCUT2D eigenvalue weighted by molar-refractivity contribution is 5.98. The molecule has 0 amide bonds. The van der Waals surface area contributed by atoms with Gasteiger partial charge in [-0.1, -0.05) is 36.4 Å². The van der Waals surface area contributed by atoms with Crippen LogP contribution in [-0.4, -0.2) is 41.3 Å². The van der Waals surface area contributed by atoms with E-state index in [1.807, 2.05) is 43.3 Å². The molecule has 1 fully saturated rings. The van der Waals surface area contributed by atoms with Crippen molar-refractivity contribution in [1.82, 2.24) is 0 Å². The minimum Gasteiger partial charge on any atom is -0.481 e. The topological polar surface area (TPSA) is 99.1 Å². The van der Waals surface area contributed by atoms with Gasteiger partial charge in [-0.3, -0.25) is 14.4 Å². The van der Waals surface area contributed by atoms with E-state index in [0.717, 1.165) is 11.1 Å². The SMILES string of the molecule is CC1=CC[C@@H](OCc2ccccc2)O[C@@]12COC(=O)[C@@]2(C)CCC(=O)C(C)C(=O)O. The van der Waals surface area contributed by atoms with Crippen LogP contribution in [0.3, 0.4) is 0 Å². The molecule has 0 bridgehead atoms. The molecule has 7 heteroatoms. The van der Waals surface area contributed by atoms with E-state index in [2.05, 4.69) is 0 Å². The van der Waals surface area contributed by atoms with E-state index in [-0.39, 0.29) is 19.4 Å². The van der Waals surface area contributed by atoms with E-state index in [0.29, 0.717) is 13.0 Å². The maximum atomic E-state index is 12.7. The van der Waals surface area contributed by atoms with E-state index < -0.39 is 40.9 Å². The summed E-state index contributed by atoms with van der Waals surface area (Å²) in [6.45, 7) is 5.37. The molecule has 1 aromatic carbocycles. The van der Waals surface area contributed by atoms with E-state index >= 15 is 0 Å². The Morgan fingerprint density at radius 2 is 2.00 bits per heavy atom. The van der Waals surface area contributed by atoms with Crippen LogP contribution in [0.5, 0.6) is 0 Å². The van der Waals surface area contributed by atoms with Gasteiger partial charge in [0, 0.05) is 12.8 Å². The number of carbonyl (C=O) groups is 3. The number of cyclic esters (lactones) is 1. The molecular weight excluding hydrogens is 388 g/mol. The number of rotatable bonds is 8. The van der Waals surface area contributed by atoms with Gasteiger partial charge in [0.25, 0.3) is 0 Å². The molecule has 3 rings (SSSR count). The van der Waals surface area contributed by atoms with Gasteiger partial charge in [0.2, 0.25) is 0 Å². The Bertz CT molecular complexity index is 846. The predicted molar refractivity (Wildman–Crippen MR) is 107 cm³/mol. The zero-order chi connectivity index (χ0) is 21.9. The lowest BCUT2D eigenvalue weighted by Gasteiger charge is -2.44. The fraction of sp³-hybridized carbons (Fsp3) is 0.522. The monoisotopic (exact) mass is 416 g/mol. The molecule has 1 saturated heterocycles. The third-order valence-electron chi connectivity index (χ3n) is 6.34. The summed E-state index contributed by atoms with van der Waals surface area (Å²) in [5.41, 5.74) is -0.294. The molecule has 1 N–H and O–H groups in total. The first-order valence-corrected chi connectivity index (χ1v) is 10.1. The highest BCUT2D eigenvalue weighted by Crippen LogP contribution is 2.51. The smallest absolute Gasteiger partial charge is 0.315 e. The number of hydrogen-bond donors (Lipinski definition) is 1. The fourth-order valence-electron chi connectivity index (χ4n) is 4.06. The molecular formula is C23H28O7. The summed E-state index contributed by atoms with van der Waals surface area (Å²) < 4.78 is 17.7. The summed E-state index contributed by atoms with van der Waals surface area (Å²) in [5.74, 6) is -3.16. The average Bonchev–Trinajstić information content (AvgIpc) is 2.99. The third kappa shape index (κ3) is 4.04. The summed E-state index contributed by atoms with van der Waals surface area (Å²) in [4.78, 5) is 36.1. The third-order valence-corrected chi connectivity index (χ3v) is 6.34. The Hall–Kier alpha value is -2.51. The molecule has 162 valence electrons. The summed E-state index contributed by atoms with van der Waals surface area (Å²) in [5, 5.41) is 9.07. The van der Waals surface area contributed by atoms with Gasteiger partial charge in [-0.2, -0.15) is 0 Å². The standard InChI is InChI=1S/C23H28O7/c1-15-9-10-19(28-13-17-7-5-4-6-8-17)30-23(15)14-29-21(27)22(23,3)12-11-18(24)16(2)20(25)26/h4-9,16,19H,10-14H2,1-3H3,(H,25,26)/t16?,19-,22+,23-/m0/s1. The second kappa shape index (κ2) is 8.70. The van der Waals surface area contributed by atoms with Crippen molar-refractivity contribution < 1.29 is 33.7 Å². The number of esters is 1. The van der Waals surface area contributed by atoms with Crippen LogP contribution < -0.4 is 0 Å². The molecule has 1 aromatic rings. The van der Waals surface area contributed by atoms with Crippen LogP contribution in [0.25, 0.3) is 0 Å². The van der Waals surface area contributed by atoms with Crippen LogP contribution in [0.4, 0.5) is 0 Å². The van der Waals surface area contributed by atoms with Crippen molar-refractivity contribution in [2.45, 2.75) is 58.5 Å². The lowest BCUT2D eigenvalue weighted by atomic mass is 9.67. The Labute approximate surface area is 176 Å². The largest absolute Gasteiger partial charge is 0.481 e. The quantitative estimate of drug-likeness (QED) is 0.394. The first-order chi connectivity index (χ1) is 14.2. The molecule has 1 spiro atoms. The molecule has 0 saturated carbocycles. The van der Waals surface area contributed by atoms with Crippen molar-refractivity contribution in [3.05, 3.63) is 47.5 Å². The van der Waals surface area contributed by atoms with Crippen LogP contribution in [0.15, 0.2) is 42.0 Å². The lowest BCUT2D eigenvalue weighted by Crippen LogP contribution is -2.54. The van der Waals surface area contributed by atoms with E-state index in [9.17, 15) is 14.4 Å². The van der Waals surface area contributed by atoms with E-state index in [4.69, 9.17) is 19.3 Å². The molecule has 0 aromatic heterocycles. The van der Waals surface area contributed by atoms with Gasteiger partial charge in [0.05, 0.1) is 6.61 Å². The first-order valence-electron chi connectivity index (χ1n) is 10.1. The molecule has 30 heavy (non-hydrogen) atoms. The number of aliphatic carboxylic acids is 1. The summed E-state index contributed by atoms with van der Waals surface area (Å²) in [6, 6.07) is 9.72. The number of carboxylic acid groups (broad SMARTS) is 1. The van der Waals surface area contributed by atoms with E-state index in [1.54, 1.807) is 6.92 Å². The van der Waals surface area contributed by atoms with Crippen LogP contribution in [0, 0.1) is 11.3 Å². The van der Waals surface area contributed by atoms with Crippen LogP contribution in [0.2, 0.25) is 0 Å². The van der Waals surface area contributed by atoms with Crippen LogP contribution in [-0.2, 0) is 35.2 Å². The van der Waals surface area contributed by atoms with E-state index in [1.165, 1.54) is 6.92 Å². The summed E-state index contributed by atoms with van der Waals surface area (Å²) >= 11 is 0. The van der Waals surface area contributed by atoms with Gasteiger partial charge in [0.15, 0.2) is 6.29 Å². The fourth-order valence-corrected chi connectivity index (χ4v) is 4.06. The number of Topliss-reactive ketones (excluding diaryl/α,β-unsaturated/α-hetero) is 1. The molecule has 2 aliphatic rings. The van der Waals surface area contributed by atoms with Gasteiger partial charge in [-0.25, -0.2) is 0 Å². The predicted octanol–water partition coefficient (Wildman–Crippen LogP) is 3.27. The summed E-state index contributed by atoms with van der Waals surface area (Å²) in [6.07, 6.45) is 2.06. The Kier molecular flexibility index (Phi) is 6.43. The number of ketones is 1. The normalized spacial score (nSPS) is 29.4. The number of carboxylic acids is 1. The average molecular weight is 416 g/mol. The van der Waals surface area contributed by atoms with Gasteiger partial charge >= 0.3 is 11.9 Å². The first kappa shape index (κ1) is 22.2. The van der Waals surface area contributed by atoms with Gasteiger partial charge in [-0.05, 0) is 38.3 Å². The molecule has 2 heterocycles. The van der Waals surface area contributed by atoms with Crippen molar-refractivity contribution in [2.24, 2.45) is 11.3 Å². The number of carbonyl (C=O) groups excluding carboxylic acids is 2. The van der Waals surface area contributed by atoms with Crippen molar-refractivity contribution in [2.75, 3.05) is 6.61 Å². The molecule has 0 radical (unpaired) electrons. The van der Waals surface area contributed by atoms with Crippen molar-refractivity contribution in [3.63, 3.8) is 0 Å². The molecule has 7 nitrogen and oxygen atoms in total. The maximum absolute atomic E-state index is 12.7. The zero-order valence-corrected chi connectivity index (χ0v) is 17.6. The lowest BCUT2D eigenvalue weighted by molar-refractivity contribution is -0.231. The van der Waals surface area contributed by atoms with Gasteiger partial charge < -0.3 is 19.3 Å². The molecule has 0 aliphatic carbocycles. The highest BCUT2D eigenvalue weighted by Gasteiger charge is 2.63. The molecule has 2 aliphatic heterocycles. The Morgan fingerprint density at radius 1 is 1.30 bits per heavy atom. The van der Waals surface area contributed by atoms with Crippen molar-refractivity contribution in [3.8, 4) is 0 Å². The number of ether oxygens (including phenoxy) is 3. The Balaban J connectivity index is 1.76. The zero-order valence-electron chi connectivity index (χ0n) is 17.6. The summed E-state index contributed by atoms with van der Waals surface area (Å²) in [7, 11) is 0. The molecule has 1 unspecified atom stereocenters. The van der Waals surface area contributed by atoms with Crippen molar-refractivity contribution in [1.29, 1.82) is 0 Å². The highest BCUT2D eigenvalue weighted by atomic mass is 16.7. The Morgan fingerprint density at radius 3 is 2.67 bits per heavy atom. The second-order valence-corrected chi connectivity index (χ2v) is 8.23. The molecule has 4 atom stereocenters. The van der Waals surface area contributed by atoms with Gasteiger partial charge in [-0.15, -0.1) is 0 Å². The second-order valence-electron chi connectivity index (χ2n) is 8.23. The minimum atomic E-state index is -1.17. The van der Waals surface area contributed by atoms with Crippen LogP contribution in [0.1, 0.15) is 45.6 Å². The number of benzene rings is 1. The van der Waals surface area contributed by atoms with Crippen molar-refractivity contribution >= 4 is 17.7 Å². The number of hydrogen-bond acceptors (Lipinski definition) is 6. The van der Waals surface area contributed by atoms with Crippen LogP contribution >= 0.6 is 0 Å². The maximum Gasteiger partial charge on any atom is 0.315 e. The minimum absolute atomic E-state index is 0.0402.